The second kappa shape index (κ2) is 9.40. The molecule has 1 aromatic rings. The van der Waals surface area contributed by atoms with Gasteiger partial charge in [0.25, 0.3) is 0 Å². The van der Waals surface area contributed by atoms with E-state index in [1.165, 1.54) is 5.56 Å². The van der Waals surface area contributed by atoms with Gasteiger partial charge in [-0.3, -0.25) is 10.1 Å². The summed E-state index contributed by atoms with van der Waals surface area (Å²) in [4.78, 5) is 11.9. The van der Waals surface area contributed by atoms with Gasteiger partial charge in [-0.05, 0) is 39.3 Å². The number of hydrogen-bond acceptors (Lipinski definition) is 4. The molecule has 0 saturated heterocycles. The summed E-state index contributed by atoms with van der Waals surface area (Å²) in [6, 6.07) is 7.77. The lowest BCUT2D eigenvalue weighted by Gasteiger charge is -2.21. The van der Waals surface area contributed by atoms with Crippen LogP contribution in [-0.4, -0.2) is 31.3 Å². The van der Waals surface area contributed by atoms with E-state index >= 15 is 0 Å². The minimum Gasteiger partial charge on any atom is -0.492 e. The van der Waals surface area contributed by atoms with Crippen molar-refractivity contribution in [1.29, 1.82) is 0 Å². The number of hydrogen-bond donors (Lipinski definition) is 1. The van der Waals surface area contributed by atoms with Crippen LogP contribution in [0.5, 0.6) is 5.75 Å². The maximum absolute atomic E-state index is 11.9. The Hall–Kier alpha value is -1.55. The second-order valence-electron chi connectivity index (χ2n) is 5.29. The van der Waals surface area contributed by atoms with Gasteiger partial charge < -0.3 is 9.47 Å². The average Bonchev–Trinajstić information content (AvgIpc) is 2.46. The first-order valence-electron chi connectivity index (χ1n) is 7.69. The van der Waals surface area contributed by atoms with E-state index in [0.29, 0.717) is 13.2 Å². The Bertz CT molecular complexity index is 417. The minimum absolute atomic E-state index is 0.0762. The lowest BCUT2D eigenvalue weighted by atomic mass is 10.1. The first-order valence-corrected chi connectivity index (χ1v) is 7.69. The summed E-state index contributed by atoms with van der Waals surface area (Å²) in [5.41, 5.74) is 1.21. The Labute approximate surface area is 127 Å². The zero-order valence-corrected chi connectivity index (χ0v) is 13.5. The standard InChI is InChI=1S/C17H27NO3/c1-5-7-16(17(19)20-6-2)18-14(4)12-21-15-10-8-13(3)9-11-15/h8-11,14,16,18H,5-7,12H2,1-4H3. The van der Waals surface area contributed by atoms with Crippen molar-refractivity contribution in [3.63, 3.8) is 0 Å². The number of aryl methyl sites for hydroxylation is 1. The first-order chi connectivity index (χ1) is 10.1. The number of ether oxygens (including phenoxy) is 2. The minimum atomic E-state index is -0.258. The van der Waals surface area contributed by atoms with Crippen LogP contribution in [0.1, 0.15) is 39.2 Å². The predicted octanol–water partition coefficient (Wildman–Crippen LogP) is 3.08. The SMILES string of the molecule is CCCC(NC(C)COc1ccc(C)cc1)C(=O)OCC. The van der Waals surface area contributed by atoms with Crippen LogP contribution in [0.15, 0.2) is 24.3 Å². The highest BCUT2D eigenvalue weighted by Gasteiger charge is 2.20. The third-order valence-electron chi connectivity index (χ3n) is 3.16. The summed E-state index contributed by atoms with van der Waals surface area (Å²) >= 11 is 0. The molecule has 0 aliphatic rings. The number of esters is 1. The van der Waals surface area contributed by atoms with Crippen LogP contribution in [0.4, 0.5) is 0 Å². The van der Waals surface area contributed by atoms with Gasteiger partial charge in [-0.2, -0.15) is 0 Å². The Balaban J connectivity index is 2.43. The maximum Gasteiger partial charge on any atom is 0.323 e. The van der Waals surface area contributed by atoms with Gasteiger partial charge in [0, 0.05) is 6.04 Å². The molecule has 0 aliphatic heterocycles. The largest absolute Gasteiger partial charge is 0.492 e. The molecular weight excluding hydrogens is 266 g/mol. The van der Waals surface area contributed by atoms with E-state index in [0.717, 1.165) is 18.6 Å². The molecule has 0 aliphatic carbocycles. The molecule has 0 spiro atoms. The highest BCUT2D eigenvalue weighted by atomic mass is 16.5. The van der Waals surface area contributed by atoms with Crippen molar-refractivity contribution in [3.05, 3.63) is 29.8 Å². The van der Waals surface area contributed by atoms with Crippen molar-refractivity contribution in [1.82, 2.24) is 5.32 Å². The van der Waals surface area contributed by atoms with E-state index in [1.807, 2.05) is 45.0 Å². The van der Waals surface area contributed by atoms with Crippen molar-refractivity contribution in [2.24, 2.45) is 0 Å². The first kappa shape index (κ1) is 17.5. The molecule has 0 fully saturated rings. The third kappa shape index (κ3) is 6.63. The quantitative estimate of drug-likeness (QED) is 0.711. The monoisotopic (exact) mass is 293 g/mol. The summed E-state index contributed by atoms with van der Waals surface area (Å²) in [5.74, 6) is 0.666. The fraction of sp³-hybridized carbons (Fsp3) is 0.588. The number of carbonyl (C=O) groups excluding carboxylic acids is 1. The van der Waals surface area contributed by atoms with Gasteiger partial charge in [0.1, 0.15) is 18.4 Å². The predicted molar refractivity (Wildman–Crippen MR) is 84.6 cm³/mol. The topological polar surface area (TPSA) is 47.6 Å². The molecule has 2 atom stereocenters. The van der Waals surface area contributed by atoms with Crippen molar-refractivity contribution in [2.75, 3.05) is 13.2 Å². The van der Waals surface area contributed by atoms with Crippen molar-refractivity contribution >= 4 is 5.97 Å². The molecular formula is C17H27NO3. The summed E-state index contributed by atoms with van der Waals surface area (Å²) in [6.07, 6.45) is 1.70. The van der Waals surface area contributed by atoms with Crippen LogP contribution in [0.25, 0.3) is 0 Å². The van der Waals surface area contributed by atoms with Crippen molar-refractivity contribution in [2.45, 2.75) is 52.6 Å². The molecule has 118 valence electrons. The van der Waals surface area contributed by atoms with Crippen LogP contribution in [0, 0.1) is 6.92 Å². The maximum atomic E-state index is 11.9. The summed E-state index contributed by atoms with van der Waals surface area (Å²) in [6.45, 7) is 8.86. The number of carbonyl (C=O) groups is 1. The molecule has 0 aromatic heterocycles. The molecule has 4 heteroatoms. The van der Waals surface area contributed by atoms with E-state index in [2.05, 4.69) is 12.2 Å². The molecule has 2 unspecified atom stereocenters. The normalized spacial score (nSPS) is 13.5. The van der Waals surface area contributed by atoms with Gasteiger partial charge in [0.05, 0.1) is 6.61 Å². The average molecular weight is 293 g/mol. The van der Waals surface area contributed by atoms with Crippen molar-refractivity contribution < 1.29 is 14.3 Å². The molecule has 1 rings (SSSR count). The smallest absolute Gasteiger partial charge is 0.323 e. The summed E-state index contributed by atoms with van der Waals surface area (Å²) in [7, 11) is 0. The molecule has 0 heterocycles. The van der Waals surface area contributed by atoms with Crippen LogP contribution in [0.2, 0.25) is 0 Å². The Morgan fingerprint density at radius 3 is 2.48 bits per heavy atom. The molecule has 0 bridgehead atoms. The van der Waals surface area contributed by atoms with Gasteiger partial charge in [0.2, 0.25) is 0 Å². The van der Waals surface area contributed by atoms with Gasteiger partial charge in [0.15, 0.2) is 0 Å². The molecule has 0 saturated carbocycles. The van der Waals surface area contributed by atoms with Crippen LogP contribution in [-0.2, 0) is 9.53 Å². The number of benzene rings is 1. The van der Waals surface area contributed by atoms with E-state index in [-0.39, 0.29) is 18.1 Å². The van der Waals surface area contributed by atoms with Crippen molar-refractivity contribution in [3.8, 4) is 5.75 Å². The molecule has 0 amide bonds. The van der Waals surface area contributed by atoms with Crippen LogP contribution >= 0.6 is 0 Å². The van der Waals surface area contributed by atoms with Crippen LogP contribution in [0.3, 0.4) is 0 Å². The molecule has 0 radical (unpaired) electrons. The van der Waals surface area contributed by atoms with Crippen LogP contribution < -0.4 is 10.1 Å². The molecule has 4 nitrogen and oxygen atoms in total. The van der Waals surface area contributed by atoms with E-state index < -0.39 is 0 Å². The highest BCUT2D eigenvalue weighted by Crippen LogP contribution is 2.11. The summed E-state index contributed by atoms with van der Waals surface area (Å²) < 4.78 is 10.8. The molecule has 21 heavy (non-hydrogen) atoms. The Morgan fingerprint density at radius 1 is 1.24 bits per heavy atom. The lowest BCUT2D eigenvalue weighted by Crippen LogP contribution is -2.45. The van der Waals surface area contributed by atoms with Gasteiger partial charge >= 0.3 is 5.97 Å². The number of nitrogens with one attached hydrogen (secondary N) is 1. The van der Waals surface area contributed by atoms with Gasteiger partial charge in [-0.1, -0.05) is 31.0 Å². The van der Waals surface area contributed by atoms with E-state index in [9.17, 15) is 4.79 Å². The van der Waals surface area contributed by atoms with Gasteiger partial charge in [-0.25, -0.2) is 0 Å². The molecule has 1 aromatic carbocycles. The lowest BCUT2D eigenvalue weighted by molar-refractivity contribution is -0.146. The fourth-order valence-corrected chi connectivity index (χ4v) is 2.05. The van der Waals surface area contributed by atoms with E-state index in [1.54, 1.807) is 0 Å². The Kier molecular flexibility index (Phi) is 7.83. The second-order valence-corrected chi connectivity index (χ2v) is 5.29. The fourth-order valence-electron chi connectivity index (χ4n) is 2.05. The third-order valence-corrected chi connectivity index (χ3v) is 3.16. The van der Waals surface area contributed by atoms with Gasteiger partial charge in [-0.15, -0.1) is 0 Å². The molecule has 1 N–H and O–H groups in total. The zero-order chi connectivity index (χ0) is 15.7. The zero-order valence-electron chi connectivity index (χ0n) is 13.5. The highest BCUT2D eigenvalue weighted by molar-refractivity contribution is 5.75. The Morgan fingerprint density at radius 2 is 1.90 bits per heavy atom. The van der Waals surface area contributed by atoms with E-state index in [4.69, 9.17) is 9.47 Å². The summed E-state index contributed by atoms with van der Waals surface area (Å²) in [5, 5.41) is 3.28. The number of rotatable bonds is 9.